The van der Waals surface area contributed by atoms with Gasteiger partial charge in [0.2, 0.25) is 5.91 Å². The van der Waals surface area contributed by atoms with Gasteiger partial charge in [-0.25, -0.2) is 0 Å². The Morgan fingerprint density at radius 2 is 2.22 bits per heavy atom. The van der Waals surface area contributed by atoms with E-state index in [1.54, 1.807) is 7.05 Å². The quantitative estimate of drug-likeness (QED) is 0.735. The summed E-state index contributed by atoms with van der Waals surface area (Å²) in [6.07, 6.45) is 0.0830. The van der Waals surface area contributed by atoms with Crippen LogP contribution in [0.25, 0.3) is 0 Å². The number of aliphatic hydroxyl groups is 1. The monoisotopic (exact) mass is 256 g/mol. The molecule has 18 heavy (non-hydrogen) atoms. The third kappa shape index (κ3) is 3.42. The fourth-order valence-corrected chi connectivity index (χ4v) is 2.10. The molecule has 6 nitrogen and oxygen atoms in total. The van der Waals surface area contributed by atoms with Crippen LogP contribution >= 0.6 is 0 Å². The highest BCUT2D eigenvalue weighted by Crippen LogP contribution is 2.31. The van der Waals surface area contributed by atoms with Gasteiger partial charge < -0.3 is 19.5 Å². The van der Waals surface area contributed by atoms with Crippen LogP contribution in [0, 0.1) is 16.7 Å². The Hall–Kier alpha value is -1.16. The van der Waals surface area contributed by atoms with Crippen molar-refractivity contribution >= 4 is 5.91 Å². The lowest BCUT2D eigenvalue weighted by Crippen LogP contribution is -2.47. The first-order valence-electron chi connectivity index (χ1n) is 5.97. The standard InChI is InChI=1S/C12H20N2O4/c1-14(7-10(15)8-17-2)11(16)12(9-13)3-5-18-6-4-12/h10,15H,3-8H2,1-2H3. The third-order valence-electron chi connectivity index (χ3n) is 3.16. The van der Waals surface area contributed by atoms with Crippen LogP contribution in [0.4, 0.5) is 0 Å². The van der Waals surface area contributed by atoms with Crippen LogP contribution in [0.2, 0.25) is 0 Å². The summed E-state index contributed by atoms with van der Waals surface area (Å²) in [5.41, 5.74) is -1.00. The van der Waals surface area contributed by atoms with Gasteiger partial charge in [-0.15, -0.1) is 0 Å². The number of amides is 1. The minimum atomic E-state index is -1.00. The molecule has 1 rings (SSSR count). The molecule has 1 saturated heterocycles. The average molecular weight is 256 g/mol. The molecule has 1 amide bonds. The minimum absolute atomic E-state index is 0.164. The summed E-state index contributed by atoms with van der Waals surface area (Å²) in [4.78, 5) is 13.7. The summed E-state index contributed by atoms with van der Waals surface area (Å²) in [7, 11) is 3.08. The van der Waals surface area contributed by atoms with Crippen LogP contribution in [-0.2, 0) is 14.3 Å². The molecule has 0 saturated carbocycles. The summed E-state index contributed by atoms with van der Waals surface area (Å²) in [5, 5.41) is 18.9. The van der Waals surface area contributed by atoms with Crippen molar-refractivity contribution in [1.82, 2.24) is 4.90 Å². The Morgan fingerprint density at radius 1 is 1.61 bits per heavy atom. The number of carbonyl (C=O) groups excluding carboxylic acids is 1. The zero-order valence-corrected chi connectivity index (χ0v) is 10.9. The van der Waals surface area contributed by atoms with Gasteiger partial charge in [-0.3, -0.25) is 4.79 Å². The maximum atomic E-state index is 12.3. The molecule has 6 heteroatoms. The van der Waals surface area contributed by atoms with Crippen LogP contribution < -0.4 is 0 Å². The highest BCUT2D eigenvalue weighted by molar-refractivity contribution is 5.85. The number of hydrogen-bond acceptors (Lipinski definition) is 5. The number of carbonyl (C=O) groups is 1. The number of aliphatic hydroxyl groups excluding tert-OH is 1. The fraction of sp³-hybridized carbons (Fsp3) is 0.833. The van der Waals surface area contributed by atoms with E-state index in [4.69, 9.17) is 9.47 Å². The molecular weight excluding hydrogens is 236 g/mol. The van der Waals surface area contributed by atoms with E-state index in [0.29, 0.717) is 26.1 Å². The summed E-state index contributed by atoms with van der Waals surface area (Å²) >= 11 is 0. The van der Waals surface area contributed by atoms with E-state index in [-0.39, 0.29) is 19.1 Å². The summed E-state index contributed by atoms with van der Waals surface area (Å²) in [6, 6.07) is 2.12. The lowest BCUT2D eigenvalue weighted by Gasteiger charge is -2.33. The highest BCUT2D eigenvalue weighted by Gasteiger charge is 2.42. The van der Waals surface area contributed by atoms with E-state index in [2.05, 4.69) is 6.07 Å². The first-order valence-corrected chi connectivity index (χ1v) is 5.97. The first-order chi connectivity index (χ1) is 8.55. The van der Waals surface area contributed by atoms with E-state index >= 15 is 0 Å². The van der Waals surface area contributed by atoms with Crippen molar-refractivity contribution in [1.29, 1.82) is 5.26 Å². The second-order valence-corrected chi connectivity index (χ2v) is 4.60. The Labute approximate surface area is 107 Å². The van der Waals surface area contributed by atoms with Crippen molar-refractivity contribution in [2.45, 2.75) is 18.9 Å². The van der Waals surface area contributed by atoms with Crippen molar-refractivity contribution in [3.05, 3.63) is 0 Å². The molecule has 1 atom stereocenters. The molecule has 0 aromatic rings. The maximum Gasteiger partial charge on any atom is 0.243 e. The third-order valence-corrected chi connectivity index (χ3v) is 3.16. The molecule has 102 valence electrons. The number of nitrogens with zero attached hydrogens (tertiary/aromatic N) is 2. The second kappa shape index (κ2) is 6.69. The van der Waals surface area contributed by atoms with Gasteiger partial charge in [0.05, 0.1) is 18.8 Å². The molecule has 1 aliphatic rings. The zero-order chi connectivity index (χ0) is 13.6. The van der Waals surface area contributed by atoms with Crippen molar-refractivity contribution in [3.8, 4) is 6.07 Å². The van der Waals surface area contributed by atoms with Gasteiger partial charge in [0.1, 0.15) is 5.41 Å². The summed E-state index contributed by atoms with van der Waals surface area (Å²) < 4.78 is 9.99. The molecule has 1 unspecified atom stereocenters. The topological polar surface area (TPSA) is 82.8 Å². The van der Waals surface area contributed by atoms with Gasteiger partial charge in [-0.2, -0.15) is 5.26 Å². The molecule has 0 bridgehead atoms. The number of hydrogen-bond donors (Lipinski definition) is 1. The molecule has 0 aromatic carbocycles. The van der Waals surface area contributed by atoms with Crippen LogP contribution in [0.3, 0.4) is 0 Å². The molecule has 0 spiro atoms. The van der Waals surface area contributed by atoms with Crippen LogP contribution in [0.15, 0.2) is 0 Å². The SMILES string of the molecule is COCC(O)CN(C)C(=O)C1(C#N)CCOCC1. The normalized spacial score (nSPS) is 19.9. The maximum absolute atomic E-state index is 12.3. The molecular formula is C12H20N2O4. The number of rotatable bonds is 5. The highest BCUT2D eigenvalue weighted by atomic mass is 16.5. The number of ether oxygens (including phenoxy) is 2. The van der Waals surface area contributed by atoms with Crippen molar-refractivity contribution in [2.24, 2.45) is 5.41 Å². The van der Waals surface area contributed by atoms with Gasteiger partial charge in [0, 0.05) is 33.9 Å². The molecule has 1 heterocycles. The van der Waals surface area contributed by atoms with Gasteiger partial charge in [0.15, 0.2) is 0 Å². The Morgan fingerprint density at radius 3 is 2.72 bits per heavy atom. The van der Waals surface area contributed by atoms with Crippen LogP contribution in [0.5, 0.6) is 0 Å². The molecule has 1 fully saturated rings. The van der Waals surface area contributed by atoms with Gasteiger partial charge in [-0.05, 0) is 12.8 Å². The van der Waals surface area contributed by atoms with Crippen LogP contribution in [-0.4, -0.2) is 62.5 Å². The lowest BCUT2D eigenvalue weighted by atomic mass is 9.80. The average Bonchev–Trinajstić information content (AvgIpc) is 2.38. The van der Waals surface area contributed by atoms with E-state index in [9.17, 15) is 15.2 Å². The molecule has 1 aliphatic heterocycles. The van der Waals surface area contributed by atoms with Gasteiger partial charge in [-0.1, -0.05) is 0 Å². The number of nitriles is 1. The smallest absolute Gasteiger partial charge is 0.243 e. The van der Waals surface area contributed by atoms with E-state index < -0.39 is 11.5 Å². The Balaban J connectivity index is 2.63. The van der Waals surface area contributed by atoms with E-state index in [0.717, 1.165) is 0 Å². The van der Waals surface area contributed by atoms with Crippen LogP contribution in [0.1, 0.15) is 12.8 Å². The zero-order valence-electron chi connectivity index (χ0n) is 10.9. The van der Waals surface area contributed by atoms with Gasteiger partial charge in [0.25, 0.3) is 0 Å². The largest absolute Gasteiger partial charge is 0.389 e. The lowest BCUT2D eigenvalue weighted by molar-refractivity contribution is -0.143. The second-order valence-electron chi connectivity index (χ2n) is 4.60. The fourth-order valence-electron chi connectivity index (χ4n) is 2.10. The Kier molecular flexibility index (Phi) is 5.54. The van der Waals surface area contributed by atoms with E-state index in [1.807, 2.05) is 0 Å². The Bertz CT molecular complexity index is 321. The van der Waals surface area contributed by atoms with Crippen molar-refractivity contribution in [3.63, 3.8) is 0 Å². The molecule has 0 aliphatic carbocycles. The molecule has 1 N–H and O–H groups in total. The molecule has 0 aromatic heterocycles. The predicted molar refractivity (Wildman–Crippen MR) is 63.6 cm³/mol. The number of likely N-dealkylation sites (N-methyl/N-ethyl adjacent to an activating group) is 1. The first kappa shape index (κ1) is 14.9. The van der Waals surface area contributed by atoms with Crippen molar-refractivity contribution < 1.29 is 19.4 Å². The van der Waals surface area contributed by atoms with Gasteiger partial charge >= 0.3 is 0 Å². The van der Waals surface area contributed by atoms with E-state index in [1.165, 1.54) is 12.0 Å². The minimum Gasteiger partial charge on any atom is -0.389 e. The molecule has 0 radical (unpaired) electrons. The van der Waals surface area contributed by atoms with Crippen molar-refractivity contribution in [2.75, 3.05) is 40.5 Å². The predicted octanol–water partition coefficient (Wildman–Crippen LogP) is -0.228. The summed E-state index contributed by atoms with van der Waals surface area (Å²) in [5.74, 6) is -0.247. The number of methoxy groups -OCH3 is 1. The summed E-state index contributed by atoms with van der Waals surface area (Å²) in [6.45, 7) is 1.18.